The summed E-state index contributed by atoms with van der Waals surface area (Å²) in [6.45, 7) is 3.60. The Balaban J connectivity index is 1.37. The molecule has 2 amide bonds. The van der Waals surface area contributed by atoms with Gasteiger partial charge in [0.15, 0.2) is 0 Å². The van der Waals surface area contributed by atoms with Crippen molar-refractivity contribution in [3.05, 3.63) is 106 Å². The third-order valence-corrected chi connectivity index (χ3v) is 6.55. The van der Waals surface area contributed by atoms with Crippen molar-refractivity contribution in [3.63, 3.8) is 0 Å². The summed E-state index contributed by atoms with van der Waals surface area (Å²) in [4.78, 5) is 30.3. The molecule has 6 nitrogen and oxygen atoms in total. The molecule has 1 aliphatic rings. The van der Waals surface area contributed by atoms with Gasteiger partial charge in [0.2, 0.25) is 5.91 Å². The summed E-state index contributed by atoms with van der Waals surface area (Å²) in [5.41, 5.74) is 3.06. The van der Waals surface area contributed by atoms with E-state index in [1.54, 1.807) is 24.3 Å². The summed E-state index contributed by atoms with van der Waals surface area (Å²) in [6.07, 6.45) is 0.176. The van der Waals surface area contributed by atoms with Crippen LogP contribution < -0.4 is 5.32 Å². The van der Waals surface area contributed by atoms with Crippen LogP contribution >= 0.6 is 11.6 Å². The van der Waals surface area contributed by atoms with Gasteiger partial charge in [-0.25, -0.2) is 0 Å². The summed E-state index contributed by atoms with van der Waals surface area (Å²) in [6, 6.07) is 25.7. The summed E-state index contributed by atoms with van der Waals surface area (Å²) < 4.78 is 0. The van der Waals surface area contributed by atoms with Gasteiger partial charge in [0.05, 0.1) is 34.7 Å². The molecule has 1 atom stereocenters. The highest BCUT2D eigenvalue weighted by atomic mass is 35.5. The maximum absolute atomic E-state index is 13.2. The number of amides is 2. The van der Waals surface area contributed by atoms with E-state index < -0.39 is 6.04 Å². The van der Waals surface area contributed by atoms with E-state index in [4.69, 9.17) is 16.9 Å². The number of carbonyl (C=O) groups is 2. The Morgan fingerprint density at radius 2 is 1.57 bits per heavy atom. The fourth-order valence-corrected chi connectivity index (χ4v) is 4.44. The zero-order valence-corrected chi connectivity index (χ0v) is 20.1. The van der Waals surface area contributed by atoms with Gasteiger partial charge in [0.25, 0.3) is 5.91 Å². The van der Waals surface area contributed by atoms with Crippen LogP contribution in [0.2, 0.25) is 5.02 Å². The van der Waals surface area contributed by atoms with Gasteiger partial charge in [-0.2, -0.15) is 5.26 Å². The molecule has 1 saturated heterocycles. The number of carbonyl (C=O) groups excluding carboxylic acids is 2. The Hall–Kier alpha value is -3.66. The monoisotopic (exact) mass is 486 g/mol. The minimum Gasteiger partial charge on any atom is -0.345 e. The average Bonchev–Trinajstić information content (AvgIpc) is 2.90. The first kappa shape index (κ1) is 24.5. The molecule has 0 radical (unpaired) electrons. The SMILES string of the molecule is N#Cc1ccc(CN2CCN(C(=O)C[C@@H](NC(=O)c3ccccc3Cl)c3ccccc3)CC2)cc1. The second kappa shape index (κ2) is 11.7. The molecule has 7 heteroatoms. The van der Waals surface area contributed by atoms with Crippen molar-refractivity contribution in [1.29, 1.82) is 5.26 Å². The predicted octanol–water partition coefficient (Wildman–Crippen LogP) is 4.42. The second-order valence-electron chi connectivity index (χ2n) is 8.59. The van der Waals surface area contributed by atoms with E-state index in [1.165, 1.54) is 0 Å². The molecule has 3 aromatic rings. The van der Waals surface area contributed by atoms with Crippen molar-refractivity contribution in [2.45, 2.75) is 19.0 Å². The molecule has 4 rings (SSSR count). The van der Waals surface area contributed by atoms with E-state index in [0.717, 1.165) is 30.8 Å². The third kappa shape index (κ3) is 6.48. The van der Waals surface area contributed by atoms with E-state index >= 15 is 0 Å². The van der Waals surface area contributed by atoms with E-state index in [0.29, 0.717) is 29.2 Å². The number of hydrogen-bond donors (Lipinski definition) is 1. The predicted molar refractivity (Wildman–Crippen MR) is 136 cm³/mol. The zero-order chi connectivity index (χ0) is 24.6. The fourth-order valence-electron chi connectivity index (χ4n) is 4.22. The van der Waals surface area contributed by atoms with Crippen LogP contribution in [0, 0.1) is 11.3 Å². The third-order valence-electron chi connectivity index (χ3n) is 6.22. The molecular weight excluding hydrogens is 460 g/mol. The normalized spacial score (nSPS) is 14.7. The number of halogens is 1. The van der Waals surface area contributed by atoms with Crippen molar-refractivity contribution < 1.29 is 9.59 Å². The smallest absolute Gasteiger partial charge is 0.253 e. The Morgan fingerprint density at radius 3 is 2.23 bits per heavy atom. The molecule has 1 aliphatic heterocycles. The lowest BCUT2D eigenvalue weighted by molar-refractivity contribution is -0.133. The van der Waals surface area contributed by atoms with E-state index in [9.17, 15) is 9.59 Å². The minimum atomic E-state index is -0.454. The molecule has 0 aromatic heterocycles. The van der Waals surface area contributed by atoms with Crippen LogP contribution in [0.3, 0.4) is 0 Å². The molecule has 3 aromatic carbocycles. The Labute approximate surface area is 210 Å². The highest BCUT2D eigenvalue weighted by molar-refractivity contribution is 6.33. The number of nitrogens with zero attached hydrogens (tertiary/aromatic N) is 3. The van der Waals surface area contributed by atoms with Crippen LogP contribution in [0.1, 0.15) is 39.5 Å². The highest BCUT2D eigenvalue weighted by Gasteiger charge is 2.26. The Morgan fingerprint density at radius 1 is 0.914 bits per heavy atom. The zero-order valence-electron chi connectivity index (χ0n) is 19.4. The summed E-state index contributed by atoms with van der Waals surface area (Å²) >= 11 is 6.21. The first-order valence-electron chi connectivity index (χ1n) is 11.6. The molecule has 1 N–H and O–H groups in total. The van der Waals surface area contributed by atoms with E-state index in [-0.39, 0.29) is 18.2 Å². The lowest BCUT2D eigenvalue weighted by Crippen LogP contribution is -2.49. The molecule has 0 spiro atoms. The summed E-state index contributed by atoms with van der Waals surface area (Å²) in [5, 5.41) is 12.3. The quantitative estimate of drug-likeness (QED) is 0.536. The van der Waals surface area contributed by atoms with Crippen LogP contribution in [0.25, 0.3) is 0 Å². The van der Waals surface area contributed by atoms with Gasteiger partial charge in [-0.15, -0.1) is 0 Å². The van der Waals surface area contributed by atoms with Crippen LogP contribution in [-0.4, -0.2) is 47.8 Å². The number of hydrogen-bond acceptors (Lipinski definition) is 4. The van der Waals surface area contributed by atoms with E-state index in [1.807, 2.05) is 59.5 Å². The van der Waals surface area contributed by atoms with Gasteiger partial charge < -0.3 is 10.2 Å². The van der Waals surface area contributed by atoms with Crippen LogP contribution in [-0.2, 0) is 11.3 Å². The number of piperazine rings is 1. The van der Waals surface area contributed by atoms with Gasteiger partial charge in [-0.1, -0.05) is 66.2 Å². The van der Waals surface area contributed by atoms with Crippen molar-refractivity contribution in [3.8, 4) is 6.07 Å². The first-order chi connectivity index (χ1) is 17.0. The molecule has 0 saturated carbocycles. The molecule has 35 heavy (non-hydrogen) atoms. The van der Waals surface area contributed by atoms with Gasteiger partial charge in [-0.3, -0.25) is 14.5 Å². The van der Waals surface area contributed by atoms with Crippen LogP contribution in [0.15, 0.2) is 78.9 Å². The average molecular weight is 487 g/mol. The lowest BCUT2D eigenvalue weighted by Gasteiger charge is -2.35. The maximum atomic E-state index is 13.2. The lowest BCUT2D eigenvalue weighted by atomic mass is 10.0. The van der Waals surface area contributed by atoms with Crippen molar-refractivity contribution in [2.75, 3.05) is 26.2 Å². The standard InChI is InChI=1S/C28H27ClN4O2/c29-25-9-5-4-8-24(25)28(35)31-26(23-6-2-1-3-7-23)18-27(34)33-16-14-32(15-17-33)20-22-12-10-21(19-30)11-13-22/h1-13,26H,14-18,20H2,(H,31,35)/t26-/m1/s1. The largest absolute Gasteiger partial charge is 0.345 e. The molecule has 178 valence electrons. The molecule has 0 aliphatic carbocycles. The minimum absolute atomic E-state index is 0.0105. The topological polar surface area (TPSA) is 76.4 Å². The molecular formula is C28H27ClN4O2. The van der Waals surface area contributed by atoms with Crippen LogP contribution in [0.4, 0.5) is 0 Å². The molecule has 0 bridgehead atoms. The number of benzene rings is 3. The van der Waals surface area contributed by atoms with Gasteiger partial charge in [-0.05, 0) is 35.4 Å². The maximum Gasteiger partial charge on any atom is 0.253 e. The van der Waals surface area contributed by atoms with E-state index in [2.05, 4.69) is 16.3 Å². The van der Waals surface area contributed by atoms with Gasteiger partial charge in [0.1, 0.15) is 0 Å². The summed E-state index contributed by atoms with van der Waals surface area (Å²) in [5.74, 6) is -0.291. The van der Waals surface area contributed by atoms with Crippen molar-refractivity contribution in [1.82, 2.24) is 15.1 Å². The Bertz CT molecular complexity index is 1200. The molecule has 0 unspecified atom stereocenters. The van der Waals surface area contributed by atoms with Crippen molar-refractivity contribution >= 4 is 23.4 Å². The Kier molecular flexibility index (Phi) is 8.15. The van der Waals surface area contributed by atoms with Gasteiger partial charge >= 0.3 is 0 Å². The van der Waals surface area contributed by atoms with Crippen LogP contribution in [0.5, 0.6) is 0 Å². The number of nitrogens with one attached hydrogen (secondary N) is 1. The van der Waals surface area contributed by atoms with Gasteiger partial charge in [0, 0.05) is 32.7 Å². The number of nitriles is 1. The molecule has 1 fully saturated rings. The number of rotatable bonds is 7. The fraction of sp³-hybridized carbons (Fsp3) is 0.250. The second-order valence-corrected chi connectivity index (χ2v) is 8.99. The van der Waals surface area contributed by atoms with Crippen molar-refractivity contribution in [2.24, 2.45) is 0 Å². The molecule has 1 heterocycles. The summed E-state index contributed by atoms with van der Waals surface area (Å²) in [7, 11) is 0. The highest BCUT2D eigenvalue weighted by Crippen LogP contribution is 2.22. The first-order valence-corrected chi connectivity index (χ1v) is 12.0.